The minimum Gasteiger partial charge on any atom is -0.469 e. The topological polar surface area (TPSA) is 124 Å². The number of thioether (sulfide) groups is 1. The summed E-state index contributed by atoms with van der Waals surface area (Å²) in [5, 5.41) is 11.7. The number of hydrogen-bond acceptors (Lipinski definition) is 9. The number of allylic oxidation sites excluding steroid dienone is 1. The maximum Gasteiger partial charge on any atom is 0.306 e. The minimum atomic E-state index is -1.72. The van der Waals surface area contributed by atoms with Gasteiger partial charge in [0.15, 0.2) is 12.4 Å². The van der Waals surface area contributed by atoms with E-state index in [9.17, 15) is 29.1 Å². The van der Waals surface area contributed by atoms with Gasteiger partial charge in [-0.3, -0.25) is 24.0 Å². The summed E-state index contributed by atoms with van der Waals surface area (Å²) in [6.07, 6.45) is 4.75. The van der Waals surface area contributed by atoms with Crippen molar-refractivity contribution in [1.82, 2.24) is 0 Å². The van der Waals surface area contributed by atoms with E-state index in [1.165, 1.54) is 14.0 Å². The fourth-order valence-electron chi connectivity index (χ4n) is 8.01. The highest BCUT2D eigenvalue weighted by Gasteiger charge is 2.69. The van der Waals surface area contributed by atoms with Gasteiger partial charge in [-0.15, -0.1) is 0 Å². The molecule has 0 spiro atoms. The fraction of sp³-hybridized carbons (Fsp3) is 0.750. The summed E-state index contributed by atoms with van der Waals surface area (Å²) in [5.41, 5.74) is -2.05. The van der Waals surface area contributed by atoms with Crippen molar-refractivity contribution in [2.45, 2.75) is 71.3 Å². The molecule has 1 N–H and O–H groups in total. The van der Waals surface area contributed by atoms with Gasteiger partial charge in [0.05, 0.1) is 13.5 Å². The number of aliphatic hydroxyl groups is 1. The van der Waals surface area contributed by atoms with Crippen molar-refractivity contribution in [3.8, 4) is 0 Å². The van der Waals surface area contributed by atoms with Crippen molar-refractivity contribution in [1.29, 1.82) is 0 Å². The molecule has 7 atom stereocenters. The highest BCUT2D eigenvalue weighted by molar-refractivity contribution is 7.99. The smallest absolute Gasteiger partial charge is 0.306 e. The lowest BCUT2D eigenvalue weighted by Crippen LogP contribution is -2.62. The molecule has 0 aliphatic heterocycles. The Morgan fingerprint density at radius 3 is 2.59 bits per heavy atom. The number of carbonyl (C=O) groups is 5. The van der Waals surface area contributed by atoms with Crippen LogP contribution in [0.25, 0.3) is 0 Å². The summed E-state index contributed by atoms with van der Waals surface area (Å²) >= 11 is 1.65. The average molecular weight is 535 g/mol. The Balaban J connectivity index is 1.63. The maximum absolute atomic E-state index is 13.9. The first-order valence-electron chi connectivity index (χ1n) is 13.2. The number of rotatable bonds is 8. The molecule has 4 aliphatic rings. The number of methoxy groups -OCH3 is 1. The lowest BCUT2D eigenvalue weighted by atomic mass is 9.44. The van der Waals surface area contributed by atoms with Crippen LogP contribution in [-0.4, -0.2) is 65.2 Å². The van der Waals surface area contributed by atoms with Crippen LogP contribution in [0.15, 0.2) is 11.6 Å². The van der Waals surface area contributed by atoms with Gasteiger partial charge in [-0.1, -0.05) is 19.4 Å². The third kappa shape index (κ3) is 4.71. The van der Waals surface area contributed by atoms with Crippen LogP contribution in [-0.2, 0) is 33.4 Å². The molecular weight excluding hydrogens is 496 g/mol. The third-order valence-corrected chi connectivity index (χ3v) is 11.0. The first kappa shape index (κ1) is 28.0. The van der Waals surface area contributed by atoms with Gasteiger partial charge in [-0.05, 0) is 60.7 Å². The second-order valence-corrected chi connectivity index (χ2v) is 12.9. The number of carbonyl (C=O) groups excluding carboxylic acids is 5. The Morgan fingerprint density at radius 2 is 1.92 bits per heavy atom. The highest BCUT2D eigenvalue weighted by atomic mass is 32.2. The van der Waals surface area contributed by atoms with Crippen molar-refractivity contribution in [3.63, 3.8) is 0 Å². The number of esters is 2. The first-order valence-corrected chi connectivity index (χ1v) is 14.3. The molecule has 37 heavy (non-hydrogen) atoms. The van der Waals surface area contributed by atoms with E-state index in [-0.39, 0.29) is 54.0 Å². The molecule has 3 fully saturated rings. The van der Waals surface area contributed by atoms with Gasteiger partial charge in [-0.2, -0.15) is 11.8 Å². The third-order valence-electron chi connectivity index (χ3n) is 9.83. The van der Waals surface area contributed by atoms with Crippen molar-refractivity contribution >= 4 is 41.1 Å². The standard InChI is InChI=1S/C28H38O8S/c1-16(29)36-14-23(32)28(34)9-6-20-19-11-17(15-37-10-7-24(33)35-4)21-12-18(30)5-8-26(21,2)25(19)22(31)13-27(20,28)3/h12,17,19-20,25,34H,5-11,13-15H2,1-4H3. The van der Waals surface area contributed by atoms with Crippen molar-refractivity contribution in [2.75, 3.05) is 25.2 Å². The number of Topliss-reactive ketones (excluding diaryl/α,β-unsaturated/α-hetero) is 2. The summed E-state index contributed by atoms with van der Waals surface area (Å²) in [5.74, 6) is -0.171. The van der Waals surface area contributed by atoms with E-state index in [0.717, 1.165) is 11.3 Å². The largest absolute Gasteiger partial charge is 0.469 e. The first-order chi connectivity index (χ1) is 17.4. The van der Waals surface area contributed by atoms with Crippen molar-refractivity contribution in [2.24, 2.45) is 34.5 Å². The molecule has 9 heteroatoms. The van der Waals surface area contributed by atoms with Crippen LogP contribution in [0.4, 0.5) is 0 Å². The van der Waals surface area contributed by atoms with Crippen LogP contribution in [0.3, 0.4) is 0 Å². The van der Waals surface area contributed by atoms with Crippen LogP contribution in [0.5, 0.6) is 0 Å². The number of hydrogen-bond donors (Lipinski definition) is 1. The molecule has 4 rings (SSSR count). The van der Waals surface area contributed by atoms with Gasteiger partial charge < -0.3 is 14.6 Å². The normalized spacial score (nSPS) is 38.7. The lowest BCUT2D eigenvalue weighted by molar-refractivity contribution is -0.174. The Hall–Kier alpha value is -2.00. The maximum atomic E-state index is 13.9. The van der Waals surface area contributed by atoms with E-state index in [1.807, 2.05) is 6.92 Å². The molecule has 0 aromatic carbocycles. The monoisotopic (exact) mass is 534 g/mol. The second kappa shape index (κ2) is 10.3. The molecular formula is C28H38O8S. The van der Waals surface area contributed by atoms with E-state index < -0.39 is 34.8 Å². The van der Waals surface area contributed by atoms with E-state index in [0.29, 0.717) is 37.9 Å². The molecule has 4 aliphatic carbocycles. The number of ether oxygens (including phenoxy) is 2. The molecule has 7 unspecified atom stereocenters. The average Bonchev–Trinajstić information content (AvgIpc) is 3.11. The quantitative estimate of drug-likeness (QED) is 0.369. The predicted molar refractivity (Wildman–Crippen MR) is 137 cm³/mol. The molecule has 0 amide bonds. The lowest BCUT2D eigenvalue weighted by Gasteiger charge is -2.59. The number of fused-ring (bicyclic) bond motifs is 5. The molecule has 0 aromatic heterocycles. The Bertz CT molecular complexity index is 1040. The zero-order valence-electron chi connectivity index (χ0n) is 22.2. The molecule has 3 saturated carbocycles. The van der Waals surface area contributed by atoms with Crippen LogP contribution in [0, 0.1) is 34.5 Å². The zero-order chi connectivity index (χ0) is 27.2. The highest BCUT2D eigenvalue weighted by Crippen LogP contribution is 2.67. The summed E-state index contributed by atoms with van der Waals surface area (Å²) in [4.78, 5) is 62.3. The molecule has 0 aromatic rings. The van der Waals surface area contributed by atoms with Crippen LogP contribution < -0.4 is 0 Å². The zero-order valence-corrected chi connectivity index (χ0v) is 23.0. The predicted octanol–water partition coefficient (Wildman–Crippen LogP) is 3.08. The van der Waals surface area contributed by atoms with Gasteiger partial charge in [0.1, 0.15) is 11.4 Å². The summed E-state index contributed by atoms with van der Waals surface area (Å²) in [6, 6.07) is 0. The molecule has 0 saturated heterocycles. The molecule has 204 valence electrons. The summed E-state index contributed by atoms with van der Waals surface area (Å²) in [7, 11) is 1.37. The van der Waals surface area contributed by atoms with Gasteiger partial charge >= 0.3 is 11.9 Å². The SMILES string of the molecule is COC(=O)CCSCC1CC2C(C(=O)CC3(C)C2CCC3(O)C(=O)COC(C)=O)C2(C)CCC(=O)C=C12. The summed E-state index contributed by atoms with van der Waals surface area (Å²) in [6.45, 7) is 4.68. The van der Waals surface area contributed by atoms with Gasteiger partial charge in [0, 0.05) is 36.9 Å². The Labute approximate surface area is 222 Å². The van der Waals surface area contributed by atoms with Crippen LogP contribution in [0.2, 0.25) is 0 Å². The van der Waals surface area contributed by atoms with Crippen molar-refractivity contribution in [3.05, 3.63) is 11.6 Å². The Morgan fingerprint density at radius 1 is 1.19 bits per heavy atom. The Kier molecular flexibility index (Phi) is 7.79. The van der Waals surface area contributed by atoms with Gasteiger partial charge in [0.2, 0.25) is 5.78 Å². The van der Waals surface area contributed by atoms with E-state index in [2.05, 4.69) is 6.92 Å². The van der Waals surface area contributed by atoms with Crippen LogP contribution in [0.1, 0.15) is 65.7 Å². The summed E-state index contributed by atoms with van der Waals surface area (Å²) < 4.78 is 9.67. The van der Waals surface area contributed by atoms with E-state index in [1.54, 1.807) is 17.8 Å². The second-order valence-electron chi connectivity index (χ2n) is 11.7. The molecule has 8 nitrogen and oxygen atoms in total. The molecule has 0 heterocycles. The number of ketones is 3. The van der Waals surface area contributed by atoms with Gasteiger partial charge in [0.25, 0.3) is 0 Å². The molecule has 0 radical (unpaired) electrons. The van der Waals surface area contributed by atoms with E-state index >= 15 is 0 Å². The molecule has 0 bridgehead atoms. The van der Waals surface area contributed by atoms with Gasteiger partial charge in [-0.25, -0.2) is 0 Å². The van der Waals surface area contributed by atoms with E-state index in [4.69, 9.17) is 9.47 Å². The fourth-order valence-corrected chi connectivity index (χ4v) is 9.09. The van der Waals surface area contributed by atoms with Crippen molar-refractivity contribution < 1.29 is 38.6 Å². The minimum absolute atomic E-state index is 0.0247. The van der Waals surface area contributed by atoms with Crippen LogP contribution >= 0.6 is 11.8 Å².